The van der Waals surface area contributed by atoms with Gasteiger partial charge in [0.15, 0.2) is 10.9 Å². The Morgan fingerprint density at radius 2 is 1.94 bits per heavy atom. The van der Waals surface area contributed by atoms with Gasteiger partial charge in [0.05, 0.1) is 5.75 Å². The van der Waals surface area contributed by atoms with Gasteiger partial charge in [-0.25, -0.2) is 0 Å². The molecule has 0 radical (unpaired) electrons. The van der Waals surface area contributed by atoms with Gasteiger partial charge < -0.3 is 9.73 Å². The zero-order valence-electron chi connectivity index (χ0n) is 17.2. The van der Waals surface area contributed by atoms with Crippen molar-refractivity contribution in [2.45, 2.75) is 32.5 Å². The lowest BCUT2D eigenvalue weighted by Crippen LogP contribution is -2.16. The number of thioether (sulfide) groups is 1. The van der Waals surface area contributed by atoms with E-state index in [1.54, 1.807) is 6.07 Å². The first-order chi connectivity index (χ1) is 14.9. The van der Waals surface area contributed by atoms with Crippen molar-refractivity contribution < 1.29 is 9.21 Å². The van der Waals surface area contributed by atoms with Crippen molar-refractivity contribution in [1.29, 1.82) is 0 Å². The van der Waals surface area contributed by atoms with E-state index in [-0.39, 0.29) is 11.7 Å². The fraction of sp³-hybridized carbons (Fsp3) is 0.227. The zero-order valence-corrected chi connectivity index (χ0v) is 20.4. The summed E-state index contributed by atoms with van der Waals surface area (Å²) in [6.07, 6.45) is 0. The summed E-state index contributed by atoms with van der Waals surface area (Å²) < 4.78 is 8.86. The van der Waals surface area contributed by atoms with Crippen LogP contribution in [0.5, 0.6) is 0 Å². The third-order valence-corrected chi connectivity index (χ3v) is 6.49. The largest absolute Gasteiger partial charge is 0.453 e. The van der Waals surface area contributed by atoms with Crippen LogP contribution >= 0.6 is 39.3 Å². The normalized spacial score (nSPS) is 11.3. The van der Waals surface area contributed by atoms with Crippen LogP contribution in [0.25, 0.3) is 22.6 Å². The standard InChI is InChI=1S/C22H20BrClN4O2S/c1-4-28-21(18-10-14-9-16(24)5-6-17(14)30-18)26-27-22(28)31-11-19(29)25-20-12(2)7-15(23)8-13(20)3/h5-10H,4,11H2,1-3H3,(H,25,29). The summed E-state index contributed by atoms with van der Waals surface area (Å²) in [5, 5.41) is 13.8. The Hall–Kier alpha value is -2.29. The molecule has 0 fully saturated rings. The lowest BCUT2D eigenvalue weighted by atomic mass is 10.1. The Morgan fingerprint density at radius 3 is 2.65 bits per heavy atom. The van der Waals surface area contributed by atoms with E-state index in [0.717, 1.165) is 32.3 Å². The molecule has 0 saturated heterocycles. The topological polar surface area (TPSA) is 73.0 Å². The van der Waals surface area contributed by atoms with Gasteiger partial charge in [0.2, 0.25) is 11.7 Å². The number of amides is 1. The van der Waals surface area contributed by atoms with Crippen molar-refractivity contribution in [1.82, 2.24) is 14.8 Å². The maximum Gasteiger partial charge on any atom is 0.234 e. The zero-order chi connectivity index (χ0) is 22.1. The van der Waals surface area contributed by atoms with Crippen LogP contribution < -0.4 is 5.32 Å². The third-order valence-electron chi connectivity index (χ3n) is 4.83. The van der Waals surface area contributed by atoms with E-state index >= 15 is 0 Å². The second-order valence-electron chi connectivity index (χ2n) is 7.09. The highest BCUT2D eigenvalue weighted by atomic mass is 79.9. The van der Waals surface area contributed by atoms with Crippen LogP contribution in [0.4, 0.5) is 5.69 Å². The molecule has 4 aromatic rings. The maximum absolute atomic E-state index is 12.6. The van der Waals surface area contributed by atoms with Crippen LogP contribution in [-0.2, 0) is 11.3 Å². The highest BCUT2D eigenvalue weighted by molar-refractivity contribution is 9.10. The number of hydrogen-bond acceptors (Lipinski definition) is 5. The van der Waals surface area contributed by atoms with Crippen LogP contribution in [0.1, 0.15) is 18.1 Å². The van der Waals surface area contributed by atoms with Crippen LogP contribution in [0, 0.1) is 13.8 Å². The van der Waals surface area contributed by atoms with Gasteiger partial charge in [0.25, 0.3) is 0 Å². The molecule has 2 heterocycles. The number of carbonyl (C=O) groups is 1. The molecule has 0 aliphatic rings. The summed E-state index contributed by atoms with van der Waals surface area (Å²) in [6, 6.07) is 11.3. The van der Waals surface area contributed by atoms with E-state index in [1.165, 1.54) is 11.8 Å². The molecular weight excluding hydrogens is 500 g/mol. The molecule has 9 heteroatoms. The minimum absolute atomic E-state index is 0.0934. The number of carbonyl (C=O) groups excluding carboxylic acids is 1. The lowest BCUT2D eigenvalue weighted by molar-refractivity contribution is -0.113. The summed E-state index contributed by atoms with van der Waals surface area (Å²) in [5.74, 6) is 1.37. The van der Waals surface area contributed by atoms with E-state index in [1.807, 2.05) is 55.7 Å². The highest BCUT2D eigenvalue weighted by Crippen LogP contribution is 2.31. The van der Waals surface area contributed by atoms with Gasteiger partial charge in [-0.15, -0.1) is 10.2 Å². The Kier molecular flexibility index (Phi) is 6.41. The molecule has 1 N–H and O–H groups in total. The summed E-state index contributed by atoms with van der Waals surface area (Å²) in [5.41, 5.74) is 3.59. The number of furan rings is 1. The van der Waals surface area contributed by atoms with E-state index in [4.69, 9.17) is 16.0 Å². The van der Waals surface area contributed by atoms with Gasteiger partial charge in [-0.05, 0) is 68.3 Å². The maximum atomic E-state index is 12.6. The van der Waals surface area contributed by atoms with E-state index in [2.05, 4.69) is 31.4 Å². The van der Waals surface area contributed by atoms with E-state index in [0.29, 0.717) is 28.3 Å². The number of nitrogens with one attached hydrogen (secondary N) is 1. The number of anilines is 1. The van der Waals surface area contributed by atoms with Crippen molar-refractivity contribution in [3.63, 3.8) is 0 Å². The minimum Gasteiger partial charge on any atom is -0.453 e. The molecule has 1 amide bonds. The first kappa shape index (κ1) is 21.9. The highest BCUT2D eigenvalue weighted by Gasteiger charge is 2.18. The van der Waals surface area contributed by atoms with Crippen LogP contribution in [0.2, 0.25) is 5.02 Å². The van der Waals surface area contributed by atoms with Crippen LogP contribution in [-0.4, -0.2) is 26.4 Å². The Balaban J connectivity index is 1.51. The Labute approximate surface area is 197 Å². The van der Waals surface area contributed by atoms with Crippen LogP contribution in [0.15, 0.2) is 50.4 Å². The first-order valence-corrected chi connectivity index (χ1v) is 11.8. The molecule has 0 aliphatic carbocycles. The number of aromatic nitrogens is 3. The monoisotopic (exact) mass is 518 g/mol. The number of aryl methyl sites for hydroxylation is 2. The molecule has 160 valence electrons. The molecule has 2 aromatic carbocycles. The molecule has 0 saturated carbocycles. The molecule has 0 bridgehead atoms. The van der Waals surface area contributed by atoms with Gasteiger partial charge in [0, 0.05) is 27.1 Å². The second kappa shape index (κ2) is 9.06. The van der Waals surface area contributed by atoms with E-state index < -0.39 is 0 Å². The molecular formula is C22H20BrClN4O2S. The number of halogens is 2. The number of benzene rings is 2. The van der Waals surface area contributed by atoms with Crippen molar-refractivity contribution in [3.8, 4) is 11.6 Å². The number of hydrogen-bond donors (Lipinski definition) is 1. The smallest absolute Gasteiger partial charge is 0.234 e. The summed E-state index contributed by atoms with van der Waals surface area (Å²) in [6.45, 7) is 6.60. The molecule has 31 heavy (non-hydrogen) atoms. The predicted octanol–water partition coefficient (Wildman–Crippen LogP) is 6.47. The average molecular weight is 520 g/mol. The molecule has 0 atom stereocenters. The van der Waals surface area contributed by atoms with Crippen molar-refractivity contribution in [3.05, 3.63) is 57.0 Å². The summed E-state index contributed by atoms with van der Waals surface area (Å²) in [4.78, 5) is 12.6. The van der Waals surface area contributed by atoms with Gasteiger partial charge in [-0.2, -0.15) is 0 Å². The lowest BCUT2D eigenvalue weighted by Gasteiger charge is -2.12. The van der Waals surface area contributed by atoms with E-state index in [9.17, 15) is 4.79 Å². The molecule has 4 rings (SSSR count). The number of rotatable bonds is 6. The molecule has 0 spiro atoms. The van der Waals surface area contributed by atoms with Crippen molar-refractivity contribution >= 4 is 61.9 Å². The molecule has 0 aliphatic heterocycles. The first-order valence-electron chi connectivity index (χ1n) is 9.67. The van der Waals surface area contributed by atoms with Crippen LogP contribution in [0.3, 0.4) is 0 Å². The summed E-state index contributed by atoms with van der Waals surface area (Å²) >= 11 is 10.9. The van der Waals surface area contributed by atoms with Gasteiger partial charge >= 0.3 is 0 Å². The fourth-order valence-corrected chi connectivity index (χ4v) is 5.07. The Bertz CT molecular complexity index is 1260. The third kappa shape index (κ3) is 4.66. The van der Waals surface area contributed by atoms with Crippen molar-refractivity contribution in [2.75, 3.05) is 11.1 Å². The fourth-order valence-electron chi connectivity index (χ4n) is 3.40. The Morgan fingerprint density at radius 1 is 1.19 bits per heavy atom. The molecule has 6 nitrogen and oxygen atoms in total. The van der Waals surface area contributed by atoms with Gasteiger partial charge in [-0.1, -0.05) is 39.3 Å². The summed E-state index contributed by atoms with van der Waals surface area (Å²) in [7, 11) is 0. The van der Waals surface area contributed by atoms with Crippen molar-refractivity contribution in [2.24, 2.45) is 0 Å². The second-order valence-corrected chi connectivity index (χ2v) is 9.39. The predicted molar refractivity (Wildman–Crippen MR) is 129 cm³/mol. The number of nitrogens with zero attached hydrogens (tertiary/aromatic N) is 3. The average Bonchev–Trinajstić information content (AvgIpc) is 3.31. The quantitative estimate of drug-likeness (QED) is 0.295. The molecule has 2 aromatic heterocycles. The SMILES string of the molecule is CCn1c(SCC(=O)Nc2c(C)cc(Br)cc2C)nnc1-c1cc2cc(Cl)ccc2o1. The van der Waals surface area contributed by atoms with Gasteiger partial charge in [0.1, 0.15) is 5.58 Å². The van der Waals surface area contributed by atoms with Gasteiger partial charge in [-0.3, -0.25) is 9.36 Å². The molecule has 0 unspecified atom stereocenters. The minimum atomic E-state index is -0.0934. The number of fused-ring (bicyclic) bond motifs is 1.